The second-order valence-electron chi connectivity index (χ2n) is 0.987. The number of nitrogens with zero attached hydrogens (tertiary/aromatic N) is 1. The molecule has 0 spiro atoms. The van der Waals surface area contributed by atoms with Crippen LogP contribution in [0.3, 0.4) is 0 Å². The zero-order valence-corrected chi connectivity index (χ0v) is 17.8. The summed E-state index contributed by atoms with van der Waals surface area (Å²) in [5, 5.41) is 0. The van der Waals surface area contributed by atoms with Crippen molar-refractivity contribution in [3.05, 3.63) is 14.1 Å². The van der Waals surface area contributed by atoms with Gasteiger partial charge in [-0.05, 0) is 0 Å². The Morgan fingerprint density at radius 2 is 1.43 bits per heavy atom. The fourth-order valence-electron chi connectivity index (χ4n) is 0. The molecule has 0 aromatic rings. The molecular formula is C4H9NRf2-2. The molecule has 36 valence electrons. The molecule has 0 bridgehead atoms. The Morgan fingerprint density at radius 1 is 1.29 bits per heavy atom. The molecule has 0 N–H and O–H groups in total. The van der Waals surface area contributed by atoms with Gasteiger partial charge in [0.25, 0.3) is 0 Å². The van der Waals surface area contributed by atoms with E-state index in [0.717, 1.165) is 6.54 Å². The van der Waals surface area contributed by atoms with Gasteiger partial charge in [0.1, 0.15) is 0 Å². The minimum atomic E-state index is 0. The van der Waals surface area contributed by atoms with Gasteiger partial charge in [-0.3, -0.25) is 0 Å². The Morgan fingerprint density at radius 3 is 1.43 bits per heavy atom. The average molecular weight is 605 g/mol. The molecule has 7 heavy (non-hydrogen) atoms. The summed E-state index contributed by atoms with van der Waals surface area (Å²) in [7, 11) is 6.96. The van der Waals surface area contributed by atoms with Crippen LogP contribution in [0.5, 0.6) is 0 Å². The van der Waals surface area contributed by atoms with Gasteiger partial charge < -0.3 is 19.0 Å². The topological polar surface area (TPSA) is 3.24 Å². The minimum absolute atomic E-state index is 0. The van der Waals surface area contributed by atoms with E-state index in [1.807, 2.05) is 6.92 Å². The van der Waals surface area contributed by atoms with Gasteiger partial charge in [-0.15, -0.1) is 0 Å². The number of hydrogen-bond donors (Lipinski definition) is 0. The van der Waals surface area contributed by atoms with Crippen molar-refractivity contribution in [2.24, 2.45) is 0 Å². The van der Waals surface area contributed by atoms with Crippen molar-refractivity contribution in [2.45, 2.75) is 6.92 Å². The molecular weight excluding hydrogens is 596 g/mol. The summed E-state index contributed by atoms with van der Waals surface area (Å²) in [6.45, 7) is 2.92. The summed E-state index contributed by atoms with van der Waals surface area (Å²) >= 11 is 0. The largest absolute Gasteiger partial charge is 0.611 e. The SMILES string of the molecule is [CH2-]N([CH2-])CC.[Rf].[Rf]. The monoisotopic (exact) mass is 605 g/mol. The van der Waals surface area contributed by atoms with Gasteiger partial charge >= 0.3 is 0 Å². The normalized spacial score (nSPS) is 6.86. The van der Waals surface area contributed by atoms with Crippen LogP contribution in [0.15, 0.2) is 0 Å². The second kappa shape index (κ2) is 9.03. The Bertz CT molecular complexity index is 23.7. The first kappa shape index (κ1) is 20.2. The maximum atomic E-state index is 3.48. The zero-order chi connectivity index (χ0) is 4.28. The molecule has 0 fully saturated rings. The van der Waals surface area contributed by atoms with Crippen molar-refractivity contribution < 1.29 is 0 Å². The van der Waals surface area contributed by atoms with Crippen LogP contribution in [-0.2, 0) is 0 Å². The van der Waals surface area contributed by atoms with Gasteiger partial charge in [-0.25, -0.2) is 0 Å². The second-order valence-corrected chi connectivity index (χ2v) is 0.987. The molecule has 0 aliphatic carbocycles. The van der Waals surface area contributed by atoms with E-state index in [1.165, 1.54) is 0 Å². The van der Waals surface area contributed by atoms with Crippen molar-refractivity contribution in [1.82, 2.24) is 4.90 Å². The van der Waals surface area contributed by atoms with Crippen LogP contribution in [0.2, 0.25) is 0 Å². The maximum Gasteiger partial charge on any atom is 0 e. The van der Waals surface area contributed by atoms with E-state index < -0.39 is 0 Å². The summed E-state index contributed by atoms with van der Waals surface area (Å²) in [6.07, 6.45) is 0. The van der Waals surface area contributed by atoms with Gasteiger partial charge in [0.15, 0.2) is 0 Å². The first-order valence-electron chi connectivity index (χ1n) is 1.66. The molecule has 0 aliphatic heterocycles. The smallest absolute Gasteiger partial charge is 0 e. The first-order chi connectivity index (χ1) is 2.27. The molecule has 0 rings (SSSR count). The van der Waals surface area contributed by atoms with E-state index in [9.17, 15) is 0 Å². The van der Waals surface area contributed by atoms with Crippen molar-refractivity contribution in [1.29, 1.82) is 0 Å². The van der Waals surface area contributed by atoms with Crippen LogP contribution in [0.4, 0.5) is 0 Å². The molecule has 0 saturated heterocycles. The molecule has 0 atom stereocenters. The molecule has 0 amide bonds. The molecule has 0 heterocycles. The van der Waals surface area contributed by atoms with Crippen LogP contribution < -0.4 is 0 Å². The van der Waals surface area contributed by atoms with E-state index in [0.29, 0.717) is 0 Å². The van der Waals surface area contributed by atoms with Crippen LogP contribution in [-0.4, -0.2) is 11.4 Å². The van der Waals surface area contributed by atoms with Gasteiger partial charge in [0, 0.05) is 0 Å². The Labute approximate surface area is 33.6 Å². The summed E-state index contributed by atoms with van der Waals surface area (Å²) in [6, 6.07) is 0. The maximum absolute atomic E-state index is 3.48. The van der Waals surface area contributed by atoms with Gasteiger partial charge in [0.2, 0.25) is 0 Å². The van der Waals surface area contributed by atoms with Crippen molar-refractivity contribution in [3.63, 3.8) is 0 Å². The summed E-state index contributed by atoms with van der Waals surface area (Å²) < 4.78 is 0. The van der Waals surface area contributed by atoms with Crippen molar-refractivity contribution >= 4 is 0 Å². The fourth-order valence-corrected chi connectivity index (χ4v) is 0. The number of hydrogen-bond acceptors (Lipinski definition) is 1. The van der Waals surface area contributed by atoms with E-state index in [-0.39, 0.29) is 0 Å². The van der Waals surface area contributed by atoms with Gasteiger partial charge in [-0.2, -0.15) is 0 Å². The van der Waals surface area contributed by atoms with Crippen molar-refractivity contribution in [3.8, 4) is 0 Å². The predicted octanol–water partition coefficient (Wildman–Crippen LogP) is 0.891. The standard InChI is InChI=1S/C4H9N.2Rf/c1-4-5(2)3;;/h2-4H2,1H3;;/q-2;;. The van der Waals surface area contributed by atoms with Crippen LogP contribution in [0, 0.1) is 14.1 Å². The predicted molar refractivity (Wildman–Crippen MR) is 23.1 cm³/mol. The van der Waals surface area contributed by atoms with Crippen LogP contribution in [0.1, 0.15) is 6.92 Å². The molecule has 0 radical (unpaired) electrons. The first-order valence-corrected chi connectivity index (χ1v) is 1.66. The number of rotatable bonds is 1. The van der Waals surface area contributed by atoms with Crippen LogP contribution in [0.25, 0.3) is 0 Å². The quantitative estimate of drug-likeness (QED) is 0.402. The average Bonchev–Trinajstić information content (AvgIpc) is 1.38. The zero-order valence-electron chi connectivity index (χ0n) is 4.98. The fraction of sp³-hybridized carbons (Fsp3) is 0.500. The third-order valence-electron chi connectivity index (χ3n) is 0.447. The van der Waals surface area contributed by atoms with Gasteiger partial charge in [0.05, 0.1) is 0 Å². The third-order valence-corrected chi connectivity index (χ3v) is 0.447. The molecule has 0 saturated carbocycles. The molecule has 3 heteroatoms. The minimum Gasteiger partial charge on any atom is -0.611 e. The summed E-state index contributed by atoms with van der Waals surface area (Å²) in [4.78, 5) is 1.62. The Hall–Kier alpha value is -2.04. The third kappa shape index (κ3) is 9510. The molecule has 0 aliphatic rings. The molecule has 0 aromatic carbocycles. The molecule has 0 unspecified atom stereocenters. The van der Waals surface area contributed by atoms with E-state index >= 15 is 0 Å². The van der Waals surface area contributed by atoms with E-state index in [4.69, 9.17) is 0 Å². The van der Waals surface area contributed by atoms with Crippen molar-refractivity contribution in [2.75, 3.05) is 6.54 Å². The van der Waals surface area contributed by atoms with Crippen LogP contribution >= 0.6 is 0 Å². The summed E-state index contributed by atoms with van der Waals surface area (Å²) in [5.74, 6) is 0. The summed E-state index contributed by atoms with van der Waals surface area (Å²) in [5.41, 5.74) is 0. The Balaban J connectivity index is -0.0000000800. The Kier molecular flexibility index (Phi) is 26.1. The van der Waals surface area contributed by atoms with E-state index in [1.54, 1.807) is 4.90 Å². The molecule has 1 nitrogen and oxygen atoms in total. The van der Waals surface area contributed by atoms with Gasteiger partial charge in [-0.1, -0.05) is 13.5 Å². The van der Waals surface area contributed by atoms with E-state index in [2.05, 4.69) is 14.1 Å². The molecule has 0 aromatic heterocycles.